The van der Waals surface area contributed by atoms with Crippen LogP contribution in [0.5, 0.6) is 0 Å². The molecule has 1 saturated heterocycles. The quantitative estimate of drug-likeness (QED) is 0.925. The van der Waals surface area contributed by atoms with Crippen LogP contribution in [-0.2, 0) is 16.0 Å². The predicted octanol–water partition coefficient (Wildman–Crippen LogP) is 2.83. The monoisotopic (exact) mass is 287 g/mol. The van der Waals surface area contributed by atoms with Gasteiger partial charge in [0.05, 0.1) is 22.6 Å². The van der Waals surface area contributed by atoms with Gasteiger partial charge in [-0.25, -0.2) is 0 Å². The third-order valence-electron chi connectivity index (χ3n) is 2.90. The number of halogens is 2. The zero-order chi connectivity index (χ0) is 13.0. The molecule has 0 aliphatic carbocycles. The molecule has 5 heteroatoms. The first kappa shape index (κ1) is 13.7. The van der Waals surface area contributed by atoms with E-state index in [2.05, 4.69) is 5.32 Å². The van der Waals surface area contributed by atoms with Crippen molar-refractivity contribution in [2.45, 2.75) is 25.4 Å². The summed E-state index contributed by atoms with van der Waals surface area (Å²) in [6.07, 6.45) is 2.58. The topological polar surface area (TPSA) is 38.3 Å². The molecule has 0 saturated carbocycles. The Morgan fingerprint density at radius 2 is 2.22 bits per heavy atom. The van der Waals surface area contributed by atoms with Gasteiger partial charge in [0.25, 0.3) is 0 Å². The molecule has 0 bridgehead atoms. The lowest BCUT2D eigenvalue weighted by molar-refractivity contribution is -0.120. The molecule has 1 aliphatic heterocycles. The molecule has 2 rings (SSSR count). The minimum absolute atomic E-state index is 0.0242. The van der Waals surface area contributed by atoms with Gasteiger partial charge in [-0.2, -0.15) is 0 Å². The van der Waals surface area contributed by atoms with Crippen molar-refractivity contribution in [2.24, 2.45) is 0 Å². The van der Waals surface area contributed by atoms with Gasteiger partial charge >= 0.3 is 0 Å². The summed E-state index contributed by atoms with van der Waals surface area (Å²) in [7, 11) is 0. The highest BCUT2D eigenvalue weighted by Crippen LogP contribution is 2.22. The van der Waals surface area contributed by atoms with Crippen LogP contribution >= 0.6 is 23.2 Å². The number of nitrogens with one attached hydrogen (secondary N) is 1. The van der Waals surface area contributed by atoms with E-state index in [9.17, 15) is 4.79 Å². The van der Waals surface area contributed by atoms with Crippen molar-refractivity contribution in [1.29, 1.82) is 0 Å². The first-order valence-electron chi connectivity index (χ1n) is 5.97. The van der Waals surface area contributed by atoms with Gasteiger partial charge in [0.1, 0.15) is 0 Å². The number of hydrogen-bond donors (Lipinski definition) is 1. The zero-order valence-electron chi connectivity index (χ0n) is 9.92. The first-order valence-corrected chi connectivity index (χ1v) is 6.73. The summed E-state index contributed by atoms with van der Waals surface area (Å²) < 4.78 is 5.44. The smallest absolute Gasteiger partial charge is 0.224 e. The van der Waals surface area contributed by atoms with Gasteiger partial charge < -0.3 is 10.1 Å². The standard InChI is InChI=1S/C13H15Cl2NO2/c14-11-4-3-9(6-12(11)15)7-13(17)16-8-10-2-1-5-18-10/h3-4,6,10H,1-2,5,7-8H2,(H,16,17). The molecule has 1 fully saturated rings. The lowest BCUT2D eigenvalue weighted by Gasteiger charge is -2.10. The van der Waals surface area contributed by atoms with Gasteiger partial charge in [-0.15, -0.1) is 0 Å². The van der Waals surface area contributed by atoms with E-state index in [0.29, 0.717) is 23.0 Å². The van der Waals surface area contributed by atoms with Crippen LogP contribution in [0, 0.1) is 0 Å². The molecule has 1 N–H and O–H groups in total. The first-order chi connectivity index (χ1) is 8.65. The van der Waals surface area contributed by atoms with Crippen LogP contribution in [0.15, 0.2) is 18.2 Å². The van der Waals surface area contributed by atoms with Crippen LogP contribution < -0.4 is 5.32 Å². The van der Waals surface area contributed by atoms with Crippen molar-refractivity contribution in [3.8, 4) is 0 Å². The Hall–Kier alpha value is -0.770. The Bertz CT molecular complexity index is 431. The molecule has 1 atom stereocenters. The molecule has 3 nitrogen and oxygen atoms in total. The van der Waals surface area contributed by atoms with Crippen molar-refractivity contribution < 1.29 is 9.53 Å². The summed E-state index contributed by atoms with van der Waals surface area (Å²) in [5.74, 6) is -0.0242. The second kappa shape index (κ2) is 6.41. The van der Waals surface area contributed by atoms with Crippen LogP contribution in [0.1, 0.15) is 18.4 Å². The van der Waals surface area contributed by atoms with Gasteiger partial charge in [0, 0.05) is 13.2 Å². The van der Waals surface area contributed by atoms with E-state index >= 15 is 0 Å². The second-order valence-corrected chi connectivity index (χ2v) is 5.18. The van der Waals surface area contributed by atoms with E-state index in [1.807, 2.05) is 0 Å². The van der Waals surface area contributed by atoms with E-state index in [4.69, 9.17) is 27.9 Å². The molecule has 98 valence electrons. The summed E-state index contributed by atoms with van der Waals surface area (Å²) in [5, 5.41) is 3.84. The zero-order valence-corrected chi connectivity index (χ0v) is 11.4. The van der Waals surface area contributed by atoms with Crippen molar-refractivity contribution in [2.75, 3.05) is 13.2 Å². The van der Waals surface area contributed by atoms with E-state index in [-0.39, 0.29) is 12.0 Å². The molecule has 0 spiro atoms. The molecule has 1 aromatic rings. The highest BCUT2D eigenvalue weighted by atomic mass is 35.5. The van der Waals surface area contributed by atoms with E-state index in [1.165, 1.54) is 0 Å². The predicted molar refractivity (Wildman–Crippen MR) is 72.1 cm³/mol. The molecule has 18 heavy (non-hydrogen) atoms. The molecule has 1 aliphatic rings. The third kappa shape index (κ3) is 3.87. The van der Waals surface area contributed by atoms with Crippen LogP contribution in [0.2, 0.25) is 10.0 Å². The van der Waals surface area contributed by atoms with E-state index in [1.54, 1.807) is 18.2 Å². The van der Waals surface area contributed by atoms with Crippen LogP contribution in [0.4, 0.5) is 0 Å². The van der Waals surface area contributed by atoms with Crippen LogP contribution in [-0.4, -0.2) is 25.2 Å². The summed E-state index contributed by atoms with van der Waals surface area (Å²) in [6.45, 7) is 1.38. The van der Waals surface area contributed by atoms with Crippen molar-refractivity contribution in [3.63, 3.8) is 0 Å². The lowest BCUT2D eigenvalue weighted by atomic mass is 10.1. The Morgan fingerprint density at radius 1 is 1.39 bits per heavy atom. The SMILES string of the molecule is O=C(Cc1ccc(Cl)c(Cl)c1)NCC1CCCO1. The van der Waals surface area contributed by atoms with Gasteiger partial charge in [0.15, 0.2) is 0 Å². The molecule has 1 aromatic carbocycles. The minimum Gasteiger partial charge on any atom is -0.376 e. The molecule has 1 heterocycles. The summed E-state index contributed by atoms with van der Waals surface area (Å²) in [5.41, 5.74) is 0.856. The summed E-state index contributed by atoms with van der Waals surface area (Å²) in [6, 6.07) is 5.22. The summed E-state index contributed by atoms with van der Waals surface area (Å²) in [4.78, 5) is 11.7. The fourth-order valence-electron chi connectivity index (χ4n) is 1.93. The maximum absolute atomic E-state index is 11.7. The third-order valence-corrected chi connectivity index (χ3v) is 3.64. The molecular formula is C13H15Cl2NO2. The number of hydrogen-bond acceptors (Lipinski definition) is 2. The highest BCUT2D eigenvalue weighted by molar-refractivity contribution is 6.42. The Labute approximate surface area is 116 Å². The summed E-state index contributed by atoms with van der Waals surface area (Å²) >= 11 is 11.7. The number of carbonyl (C=O) groups is 1. The lowest BCUT2D eigenvalue weighted by Crippen LogP contribution is -2.32. The fourth-order valence-corrected chi connectivity index (χ4v) is 2.25. The molecule has 1 unspecified atom stereocenters. The van der Waals surface area contributed by atoms with Crippen LogP contribution in [0.25, 0.3) is 0 Å². The normalized spacial score (nSPS) is 18.9. The maximum Gasteiger partial charge on any atom is 0.224 e. The second-order valence-electron chi connectivity index (χ2n) is 4.36. The van der Waals surface area contributed by atoms with Gasteiger partial charge in [-0.3, -0.25) is 4.79 Å². The fraction of sp³-hybridized carbons (Fsp3) is 0.462. The minimum atomic E-state index is -0.0242. The molecule has 1 amide bonds. The van der Waals surface area contributed by atoms with Gasteiger partial charge in [-0.1, -0.05) is 29.3 Å². The highest BCUT2D eigenvalue weighted by Gasteiger charge is 2.16. The Kier molecular flexibility index (Phi) is 4.87. The van der Waals surface area contributed by atoms with Crippen molar-refractivity contribution in [3.05, 3.63) is 33.8 Å². The van der Waals surface area contributed by atoms with Gasteiger partial charge in [0.2, 0.25) is 5.91 Å². The molecule has 0 aromatic heterocycles. The molecular weight excluding hydrogens is 273 g/mol. The van der Waals surface area contributed by atoms with E-state index < -0.39 is 0 Å². The van der Waals surface area contributed by atoms with Crippen molar-refractivity contribution in [1.82, 2.24) is 5.32 Å². The maximum atomic E-state index is 11.7. The average Bonchev–Trinajstić information content (AvgIpc) is 2.84. The Balaban J connectivity index is 1.80. The van der Waals surface area contributed by atoms with E-state index in [0.717, 1.165) is 25.0 Å². The number of ether oxygens (including phenoxy) is 1. The Morgan fingerprint density at radius 3 is 2.89 bits per heavy atom. The number of amides is 1. The van der Waals surface area contributed by atoms with Crippen LogP contribution in [0.3, 0.4) is 0 Å². The van der Waals surface area contributed by atoms with Gasteiger partial charge in [-0.05, 0) is 30.5 Å². The number of rotatable bonds is 4. The van der Waals surface area contributed by atoms with Crippen molar-refractivity contribution >= 4 is 29.1 Å². The number of benzene rings is 1. The number of carbonyl (C=O) groups excluding carboxylic acids is 1. The largest absolute Gasteiger partial charge is 0.376 e. The molecule has 0 radical (unpaired) electrons. The average molecular weight is 288 g/mol.